The first-order valence-corrected chi connectivity index (χ1v) is 8.60. The van der Waals surface area contributed by atoms with Crippen molar-refractivity contribution in [3.63, 3.8) is 0 Å². The molecule has 0 saturated carbocycles. The zero-order valence-electron chi connectivity index (χ0n) is 15.7. The molecule has 0 bridgehead atoms. The van der Waals surface area contributed by atoms with Crippen LogP contribution in [0.3, 0.4) is 0 Å². The third kappa shape index (κ3) is 12.3. The highest BCUT2D eigenvalue weighted by molar-refractivity contribution is 5.87. The summed E-state index contributed by atoms with van der Waals surface area (Å²) < 4.78 is 0. The van der Waals surface area contributed by atoms with E-state index in [1.165, 1.54) is 0 Å². The van der Waals surface area contributed by atoms with E-state index in [4.69, 9.17) is 20.4 Å². The molecule has 6 heteroatoms. The molecular weight excluding hydrogens is 348 g/mol. The van der Waals surface area contributed by atoms with Crippen LogP contribution < -0.4 is 0 Å². The molecule has 0 amide bonds. The Morgan fingerprint density at radius 2 is 1.00 bits per heavy atom. The molecule has 0 aliphatic carbocycles. The van der Waals surface area contributed by atoms with E-state index in [9.17, 15) is 9.59 Å². The van der Waals surface area contributed by atoms with Crippen LogP contribution in [-0.4, -0.2) is 45.6 Å². The van der Waals surface area contributed by atoms with Crippen molar-refractivity contribution in [2.75, 3.05) is 13.2 Å². The number of carbonyl (C=O) groups is 2. The lowest BCUT2D eigenvalue weighted by molar-refractivity contribution is 0.0686. The fourth-order valence-corrected chi connectivity index (χ4v) is 2.00. The van der Waals surface area contributed by atoms with Gasteiger partial charge in [-0.3, -0.25) is 0 Å². The Balaban J connectivity index is 0.000000376. The second-order valence-corrected chi connectivity index (χ2v) is 6.15. The molecule has 0 spiro atoms. The van der Waals surface area contributed by atoms with Crippen LogP contribution in [0, 0.1) is 11.8 Å². The van der Waals surface area contributed by atoms with E-state index in [0.717, 1.165) is 6.42 Å². The molecule has 6 nitrogen and oxygen atoms in total. The summed E-state index contributed by atoms with van der Waals surface area (Å²) in [5, 5.41) is 34.0. The number of hydrogen-bond acceptors (Lipinski definition) is 4. The Kier molecular flexibility index (Phi) is 13.0. The highest BCUT2D eigenvalue weighted by Gasteiger charge is 2.05. The number of aliphatic hydroxyl groups is 2. The molecule has 2 aromatic carbocycles. The van der Waals surface area contributed by atoms with E-state index < -0.39 is 11.9 Å². The van der Waals surface area contributed by atoms with Gasteiger partial charge in [0.2, 0.25) is 0 Å². The molecule has 2 unspecified atom stereocenters. The van der Waals surface area contributed by atoms with E-state index in [0.29, 0.717) is 23.0 Å². The highest BCUT2D eigenvalue weighted by Crippen LogP contribution is 2.09. The molecule has 148 valence electrons. The molecule has 0 saturated heterocycles. The SMILES string of the molecule is CC(CO)CC(C)CO.O=C(O)c1ccccc1.O=C(O)c1ccccc1. The van der Waals surface area contributed by atoms with Crippen LogP contribution in [0.1, 0.15) is 41.0 Å². The van der Waals surface area contributed by atoms with Crippen molar-refractivity contribution in [2.45, 2.75) is 20.3 Å². The van der Waals surface area contributed by atoms with Crippen LogP contribution in [0.15, 0.2) is 60.7 Å². The van der Waals surface area contributed by atoms with Crippen molar-refractivity contribution in [3.8, 4) is 0 Å². The minimum absolute atomic E-state index is 0.227. The monoisotopic (exact) mass is 376 g/mol. The Bertz CT molecular complexity index is 585. The fraction of sp³-hybridized carbons (Fsp3) is 0.333. The predicted octanol–water partition coefficient (Wildman–Crippen LogP) is 3.40. The van der Waals surface area contributed by atoms with Gasteiger partial charge in [0.1, 0.15) is 0 Å². The molecule has 2 atom stereocenters. The summed E-state index contributed by atoms with van der Waals surface area (Å²) in [7, 11) is 0. The first kappa shape index (κ1) is 24.3. The molecule has 2 rings (SSSR count). The minimum Gasteiger partial charge on any atom is -0.478 e. The van der Waals surface area contributed by atoms with Gasteiger partial charge in [-0.05, 0) is 42.5 Å². The van der Waals surface area contributed by atoms with Crippen LogP contribution in [0.2, 0.25) is 0 Å². The van der Waals surface area contributed by atoms with Gasteiger partial charge in [-0.15, -0.1) is 0 Å². The van der Waals surface area contributed by atoms with Gasteiger partial charge < -0.3 is 20.4 Å². The second-order valence-electron chi connectivity index (χ2n) is 6.15. The first-order valence-electron chi connectivity index (χ1n) is 8.60. The van der Waals surface area contributed by atoms with Crippen molar-refractivity contribution >= 4 is 11.9 Å². The quantitative estimate of drug-likeness (QED) is 0.614. The van der Waals surface area contributed by atoms with Crippen LogP contribution in [0.25, 0.3) is 0 Å². The Labute approximate surface area is 159 Å². The molecule has 27 heavy (non-hydrogen) atoms. The third-order valence-corrected chi connectivity index (χ3v) is 3.47. The topological polar surface area (TPSA) is 115 Å². The number of carboxylic acid groups (broad SMARTS) is 2. The maximum absolute atomic E-state index is 10.2. The predicted molar refractivity (Wildman–Crippen MR) is 104 cm³/mol. The maximum Gasteiger partial charge on any atom is 0.335 e. The summed E-state index contributed by atoms with van der Waals surface area (Å²) in [5.74, 6) is -1.11. The van der Waals surface area contributed by atoms with E-state index in [1.807, 2.05) is 13.8 Å². The van der Waals surface area contributed by atoms with E-state index >= 15 is 0 Å². The van der Waals surface area contributed by atoms with E-state index in [2.05, 4.69) is 0 Å². The second kappa shape index (κ2) is 14.5. The summed E-state index contributed by atoms with van der Waals surface area (Å²) in [5.41, 5.74) is 0.662. The lowest BCUT2D eigenvalue weighted by Gasteiger charge is -2.11. The fourth-order valence-electron chi connectivity index (χ4n) is 2.00. The van der Waals surface area contributed by atoms with Crippen LogP contribution in [-0.2, 0) is 0 Å². The lowest BCUT2D eigenvalue weighted by Crippen LogP contribution is -2.09. The average molecular weight is 376 g/mol. The van der Waals surface area contributed by atoms with Gasteiger partial charge in [0, 0.05) is 13.2 Å². The largest absolute Gasteiger partial charge is 0.478 e. The van der Waals surface area contributed by atoms with Crippen molar-refractivity contribution < 1.29 is 30.0 Å². The van der Waals surface area contributed by atoms with E-state index in [1.54, 1.807) is 60.7 Å². The summed E-state index contributed by atoms with van der Waals surface area (Å²) >= 11 is 0. The number of aliphatic hydroxyl groups excluding tert-OH is 2. The van der Waals surface area contributed by atoms with E-state index in [-0.39, 0.29) is 13.2 Å². The smallest absolute Gasteiger partial charge is 0.335 e. The number of benzene rings is 2. The molecule has 4 N–H and O–H groups in total. The van der Waals surface area contributed by atoms with Gasteiger partial charge in [-0.25, -0.2) is 9.59 Å². The Hall–Kier alpha value is -2.70. The van der Waals surface area contributed by atoms with Gasteiger partial charge in [0.15, 0.2) is 0 Å². The zero-order valence-corrected chi connectivity index (χ0v) is 15.7. The normalized spacial score (nSPS) is 11.7. The summed E-state index contributed by atoms with van der Waals surface area (Å²) in [6.07, 6.45) is 0.910. The van der Waals surface area contributed by atoms with Crippen molar-refractivity contribution in [2.24, 2.45) is 11.8 Å². The van der Waals surface area contributed by atoms with Gasteiger partial charge in [-0.2, -0.15) is 0 Å². The average Bonchev–Trinajstić information content (AvgIpc) is 2.70. The highest BCUT2D eigenvalue weighted by atomic mass is 16.4. The molecular formula is C21H28O6. The maximum atomic E-state index is 10.2. The van der Waals surface area contributed by atoms with Crippen LogP contribution in [0.5, 0.6) is 0 Å². The third-order valence-electron chi connectivity index (χ3n) is 3.47. The summed E-state index contributed by atoms with van der Waals surface area (Å²) in [6.45, 7) is 4.41. The molecule has 2 aromatic rings. The first-order chi connectivity index (χ1) is 12.8. The molecule has 0 heterocycles. The zero-order chi connectivity index (χ0) is 20.7. The van der Waals surface area contributed by atoms with Crippen molar-refractivity contribution in [1.82, 2.24) is 0 Å². The van der Waals surface area contributed by atoms with Gasteiger partial charge in [0.25, 0.3) is 0 Å². The standard InChI is InChI=1S/2C7H6O2.C7H16O2/c2*8-7(9)6-4-2-1-3-5-6;1-6(4-8)3-7(2)5-9/h2*1-5H,(H,8,9);6-9H,3-5H2,1-2H3. The summed E-state index contributed by atoms with van der Waals surface area (Å²) in [4.78, 5) is 20.4. The van der Waals surface area contributed by atoms with Gasteiger partial charge in [-0.1, -0.05) is 50.2 Å². The van der Waals surface area contributed by atoms with Gasteiger partial charge >= 0.3 is 11.9 Å². The molecule has 0 aliphatic rings. The minimum atomic E-state index is -0.879. The van der Waals surface area contributed by atoms with Crippen LogP contribution in [0.4, 0.5) is 0 Å². The Morgan fingerprint density at radius 1 is 0.704 bits per heavy atom. The molecule has 0 fully saturated rings. The molecule has 0 radical (unpaired) electrons. The molecule has 0 aromatic heterocycles. The lowest BCUT2D eigenvalue weighted by atomic mass is 9.99. The van der Waals surface area contributed by atoms with Crippen molar-refractivity contribution in [3.05, 3.63) is 71.8 Å². The number of aromatic carboxylic acids is 2. The number of carboxylic acids is 2. The number of rotatable bonds is 6. The van der Waals surface area contributed by atoms with Gasteiger partial charge in [0.05, 0.1) is 11.1 Å². The van der Waals surface area contributed by atoms with Crippen molar-refractivity contribution in [1.29, 1.82) is 0 Å². The Morgan fingerprint density at radius 3 is 1.19 bits per heavy atom. The molecule has 0 aliphatic heterocycles. The number of hydrogen-bond donors (Lipinski definition) is 4. The van der Waals surface area contributed by atoms with Crippen LogP contribution >= 0.6 is 0 Å². The summed E-state index contributed by atoms with van der Waals surface area (Å²) in [6, 6.07) is 16.6.